The predicted molar refractivity (Wildman–Crippen MR) is 121 cm³/mol. The molecule has 1 atom stereocenters. The molecule has 0 aliphatic rings. The maximum atomic E-state index is 13.1. The van der Waals surface area contributed by atoms with Gasteiger partial charge in [-0.15, -0.1) is 0 Å². The van der Waals surface area contributed by atoms with Crippen LogP contribution in [-0.2, 0) is 16.1 Å². The second kappa shape index (κ2) is 10.3. The van der Waals surface area contributed by atoms with Crippen LogP contribution in [-0.4, -0.2) is 30.8 Å². The highest BCUT2D eigenvalue weighted by Gasteiger charge is 2.31. The minimum Gasteiger partial charge on any atom is -0.490 e. The van der Waals surface area contributed by atoms with Crippen molar-refractivity contribution in [2.45, 2.75) is 59.2 Å². The Kier molecular flexibility index (Phi) is 8.02. The number of methoxy groups -OCH3 is 1. The number of hydrazine groups is 1. The Morgan fingerprint density at radius 3 is 2.22 bits per heavy atom. The Bertz CT molecular complexity index is 1000. The summed E-state index contributed by atoms with van der Waals surface area (Å²) in [6.07, 6.45) is -0.382. The Labute approximate surface area is 187 Å². The van der Waals surface area contributed by atoms with Crippen LogP contribution in [0.5, 0.6) is 5.75 Å². The number of hydrogen-bond donors (Lipinski definition) is 2. The minimum absolute atomic E-state index is 0.0322. The van der Waals surface area contributed by atoms with E-state index in [0.29, 0.717) is 6.42 Å². The van der Waals surface area contributed by atoms with Gasteiger partial charge in [0.2, 0.25) is 0 Å². The molecule has 0 saturated heterocycles. The fourth-order valence-corrected chi connectivity index (χ4v) is 3.10. The van der Waals surface area contributed by atoms with E-state index >= 15 is 0 Å². The van der Waals surface area contributed by atoms with Gasteiger partial charge in [0.1, 0.15) is 11.6 Å². The van der Waals surface area contributed by atoms with Crippen molar-refractivity contribution in [3.05, 3.63) is 56.3 Å². The van der Waals surface area contributed by atoms with E-state index in [1.165, 1.54) is 12.1 Å². The number of carbonyl (C=O) groups is 2. The lowest BCUT2D eigenvalue weighted by Gasteiger charge is -2.30. The van der Waals surface area contributed by atoms with Crippen molar-refractivity contribution >= 4 is 17.7 Å². The molecule has 0 fully saturated rings. The zero-order valence-corrected chi connectivity index (χ0v) is 19.4. The van der Waals surface area contributed by atoms with Crippen molar-refractivity contribution in [2.24, 2.45) is 5.92 Å². The second-order valence-corrected chi connectivity index (χ2v) is 8.92. The van der Waals surface area contributed by atoms with Gasteiger partial charge in [-0.3, -0.25) is 24.8 Å². The summed E-state index contributed by atoms with van der Waals surface area (Å²) in [6.45, 7) is 9.13. The molecule has 2 N–H and O–H groups in total. The molecule has 0 aliphatic carbocycles. The molecule has 0 aromatic heterocycles. The molecule has 0 saturated carbocycles. The van der Waals surface area contributed by atoms with Crippen LogP contribution in [0.1, 0.15) is 46.6 Å². The number of nitrogens with zero attached hydrogens (tertiary/aromatic N) is 1. The monoisotopic (exact) mass is 445 g/mol. The van der Waals surface area contributed by atoms with Crippen LogP contribution in [0.4, 0.5) is 10.5 Å². The van der Waals surface area contributed by atoms with Gasteiger partial charge in [0, 0.05) is 0 Å². The van der Waals surface area contributed by atoms with Crippen molar-refractivity contribution in [2.75, 3.05) is 12.1 Å². The summed E-state index contributed by atoms with van der Waals surface area (Å²) < 4.78 is 10.3. The third-order valence-electron chi connectivity index (χ3n) is 4.46. The molecule has 9 nitrogen and oxygen atoms in total. The highest BCUT2D eigenvalue weighted by molar-refractivity contribution is 5.87. The van der Waals surface area contributed by atoms with Gasteiger partial charge in [-0.05, 0) is 38.7 Å². The van der Waals surface area contributed by atoms with E-state index in [9.17, 15) is 19.2 Å². The number of hydrogen-bond acceptors (Lipinski definition) is 7. The number of anilines is 1. The highest BCUT2D eigenvalue weighted by Crippen LogP contribution is 2.23. The van der Waals surface area contributed by atoms with Gasteiger partial charge in [-0.2, -0.15) is 0 Å². The number of rotatable bonds is 9. The van der Waals surface area contributed by atoms with Crippen molar-refractivity contribution in [1.29, 1.82) is 0 Å². The molecule has 0 bridgehead atoms. The zero-order chi connectivity index (χ0) is 24.1. The van der Waals surface area contributed by atoms with Gasteiger partial charge in [-0.1, -0.05) is 44.2 Å². The minimum atomic E-state index is -0.916. The van der Waals surface area contributed by atoms with Gasteiger partial charge in [0.25, 0.3) is 16.8 Å². The SMILES string of the molecule is COc1c(N(Cc2ccccc2)NC(=O)[C@H](CC(C)C)NC(=O)OC(C)(C)C)c(=O)c1=O. The predicted octanol–water partition coefficient (Wildman–Crippen LogP) is 2.27. The van der Waals surface area contributed by atoms with E-state index in [0.717, 1.165) is 5.56 Å². The Morgan fingerprint density at radius 2 is 1.69 bits per heavy atom. The number of benzene rings is 1. The molecule has 2 aromatic rings. The molecular formula is C23H31N3O6. The first-order chi connectivity index (χ1) is 14.9. The Balaban J connectivity index is 2.29. The molecule has 2 aromatic carbocycles. The van der Waals surface area contributed by atoms with Crippen LogP contribution < -0.4 is 31.3 Å². The van der Waals surface area contributed by atoms with Crippen LogP contribution in [0.25, 0.3) is 0 Å². The molecule has 2 amide bonds. The fraction of sp³-hybridized carbons (Fsp3) is 0.478. The molecule has 174 valence electrons. The summed E-state index contributed by atoms with van der Waals surface area (Å²) in [6, 6.07) is 8.21. The van der Waals surface area contributed by atoms with E-state index in [1.807, 2.05) is 44.2 Å². The summed E-state index contributed by atoms with van der Waals surface area (Å²) >= 11 is 0. The van der Waals surface area contributed by atoms with Crippen molar-refractivity contribution in [3.8, 4) is 5.75 Å². The van der Waals surface area contributed by atoms with Crippen LogP contribution in [0, 0.1) is 5.92 Å². The molecule has 0 unspecified atom stereocenters. The number of alkyl carbamates (subject to hydrolysis) is 1. The van der Waals surface area contributed by atoms with Crippen molar-refractivity contribution in [3.63, 3.8) is 0 Å². The summed E-state index contributed by atoms with van der Waals surface area (Å²) in [5, 5.41) is 3.88. The summed E-state index contributed by atoms with van der Waals surface area (Å²) in [5.74, 6) is -0.578. The van der Waals surface area contributed by atoms with Gasteiger partial charge in [0.05, 0.1) is 13.7 Å². The second-order valence-electron chi connectivity index (χ2n) is 8.92. The lowest BCUT2D eigenvalue weighted by molar-refractivity contribution is -0.123. The number of amides is 2. The lowest BCUT2D eigenvalue weighted by Crippen LogP contribution is -2.56. The number of carbonyl (C=O) groups excluding carboxylic acids is 2. The standard InChI is InChI=1S/C23H31N3O6/c1-14(2)12-16(24-22(30)32-23(3,4)5)21(29)25-26(13-15-10-8-7-9-11-15)17-18(27)19(28)20(17)31-6/h7-11,14,16H,12-13H2,1-6H3,(H,24,30)(H,25,29)/t16-/m0/s1. The molecule has 0 heterocycles. The third-order valence-corrected chi connectivity index (χ3v) is 4.46. The third kappa shape index (κ3) is 6.57. The quantitative estimate of drug-likeness (QED) is 0.449. The first-order valence-electron chi connectivity index (χ1n) is 10.4. The maximum absolute atomic E-state index is 13.1. The fourth-order valence-electron chi connectivity index (χ4n) is 3.10. The molecule has 0 spiro atoms. The first kappa shape index (κ1) is 24.9. The van der Waals surface area contributed by atoms with Crippen molar-refractivity contribution < 1.29 is 19.1 Å². The first-order valence-corrected chi connectivity index (χ1v) is 10.4. The van der Waals surface area contributed by atoms with Crippen LogP contribution >= 0.6 is 0 Å². The largest absolute Gasteiger partial charge is 0.490 e. The molecule has 32 heavy (non-hydrogen) atoms. The van der Waals surface area contributed by atoms with Gasteiger partial charge in [0.15, 0.2) is 11.4 Å². The molecule has 9 heteroatoms. The van der Waals surface area contributed by atoms with E-state index < -0.39 is 34.5 Å². The molecule has 2 rings (SSSR count). The highest BCUT2D eigenvalue weighted by atomic mass is 16.6. The normalized spacial score (nSPS) is 12.3. The van der Waals surface area contributed by atoms with E-state index in [2.05, 4.69) is 10.7 Å². The number of ether oxygens (including phenoxy) is 2. The van der Waals surface area contributed by atoms with Gasteiger partial charge >= 0.3 is 6.09 Å². The van der Waals surface area contributed by atoms with E-state index in [-0.39, 0.29) is 23.9 Å². The average Bonchev–Trinajstić information content (AvgIpc) is 2.69. The van der Waals surface area contributed by atoms with Gasteiger partial charge < -0.3 is 14.8 Å². The maximum Gasteiger partial charge on any atom is 0.408 e. The topological polar surface area (TPSA) is 114 Å². The Morgan fingerprint density at radius 1 is 1.06 bits per heavy atom. The van der Waals surface area contributed by atoms with E-state index in [1.54, 1.807) is 20.8 Å². The molecule has 0 radical (unpaired) electrons. The Hall–Kier alpha value is -3.36. The van der Waals surface area contributed by atoms with Crippen LogP contribution in [0.2, 0.25) is 0 Å². The lowest BCUT2D eigenvalue weighted by atomic mass is 10.0. The zero-order valence-electron chi connectivity index (χ0n) is 19.4. The van der Waals surface area contributed by atoms with Gasteiger partial charge in [-0.25, -0.2) is 4.79 Å². The number of nitrogens with one attached hydrogen (secondary N) is 2. The van der Waals surface area contributed by atoms with Crippen molar-refractivity contribution in [1.82, 2.24) is 10.7 Å². The summed E-state index contributed by atoms with van der Waals surface area (Å²) in [5.41, 5.74) is 1.21. The average molecular weight is 446 g/mol. The van der Waals surface area contributed by atoms with Crippen LogP contribution in [0.3, 0.4) is 0 Å². The van der Waals surface area contributed by atoms with E-state index in [4.69, 9.17) is 9.47 Å². The molecule has 0 aliphatic heterocycles. The van der Waals surface area contributed by atoms with Crippen LogP contribution in [0.15, 0.2) is 39.9 Å². The summed E-state index contributed by atoms with van der Waals surface area (Å²) in [4.78, 5) is 49.5. The molecular weight excluding hydrogens is 414 g/mol. The summed E-state index contributed by atoms with van der Waals surface area (Å²) in [7, 11) is 1.29. The smallest absolute Gasteiger partial charge is 0.408 e.